The van der Waals surface area contributed by atoms with Gasteiger partial charge in [0.15, 0.2) is 11.6 Å². The van der Waals surface area contributed by atoms with Crippen LogP contribution in [0.3, 0.4) is 0 Å². The van der Waals surface area contributed by atoms with Crippen LogP contribution in [0.15, 0.2) is 29.1 Å². The molecule has 2 fully saturated rings. The summed E-state index contributed by atoms with van der Waals surface area (Å²) >= 11 is 0. The first kappa shape index (κ1) is 23.1. The Balaban J connectivity index is 1.46. The number of fused-ring (bicyclic) bond motifs is 2. The van der Waals surface area contributed by atoms with Gasteiger partial charge in [-0.05, 0) is 24.8 Å². The number of urea groups is 1. The smallest absolute Gasteiger partial charge is 0.418 e. The minimum Gasteiger partial charge on any atom is -0.423 e. The normalized spacial score (nSPS) is 23.7. The van der Waals surface area contributed by atoms with Crippen LogP contribution >= 0.6 is 0 Å². The standard InChI is InChI=1S/C22H21F4N7O2/c1-3-17-31-32-19(35-17)21-6-11(2)4-13(7-21)33(21)20(34)30-16-5-14(15(10-27-16)22(24,25)26)18-28-8-12(23)9-29-18/h5,8-11,13H,3-4,6-7H2,1-2H3,(H,27,30,34)/t11-,13?,21?/m1/s1. The number of rotatable bonds is 4. The highest BCUT2D eigenvalue weighted by Crippen LogP contribution is 2.55. The maximum Gasteiger partial charge on any atom is 0.418 e. The molecule has 2 aliphatic rings. The van der Waals surface area contributed by atoms with Gasteiger partial charge in [-0.1, -0.05) is 13.8 Å². The van der Waals surface area contributed by atoms with Gasteiger partial charge in [0.05, 0.1) is 18.0 Å². The second-order valence-electron chi connectivity index (χ2n) is 8.93. The topological polar surface area (TPSA) is 110 Å². The quantitative estimate of drug-likeness (QED) is 0.532. The van der Waals surface area contributed by atoms with Gasteiger partial charge >= 0.3 is 12.2 Å². The summed E-state index contributed by atoms with van der Waals surface area (Å²) in [6, 6.07) is 0.411. The number of hydrogen-bond acceptors (Lipinski definition) is 7. The molecule has 1 aliphatic heterocycles. The molecule has 1 N–H and O–H groups in total. The Labute approximate surface area is 197 Å². The minimum absolute atomic E-state index is 0.0786. The Bertz CT molecular complexity index is 1260. The van der Waals surface area contributed by atoms with Gasteiger partial charge in [-0.25, -0.2) is 24.1 Å². The van der Waals surface area contributed by atoms with E-state index in [-0.39, 0.29) is 17.7 Å². The lowest BCUT2D eigenvalue weighted by molar-refractivity contribution is -0.137. The van der Waals surface area contributed by atoms with E-state index < -0.39 is 34.7 Å². The van der Waals surface area contributed by atoms with Crippen LogP contribution in [0.1, 0.15) is 50.5 Å². The lowest BCUT2D eigenvalue weighted by Gasteiger charge is -2.61. The minimum atomic E-state index is -4.76. The third-order valence-electron chi connectivity index (χ3n) is 6.45. The molecule has 2 unspecified atom stereocenters. The highest BCUT2D eigenvalue weighted by atomic mass is 19.4. The summed E-state index contributed by atoms with van der Waals surface area (Å²) in [7, 11) is 0. The number of halogens is 4. The van der Waals surface area contributed by atoms with Crippen molar-refractivity contribution in [2.45, 2.75) is 57.3 Å². The molecule has 0 radical (unpaired) electrons. The predicted octanol–water partition coefficient (Wildman–Crippen LogP) is 4.57. The number of nitrogens with one attached hydrogen (secondary N) is 1. The number of pyridine rings is 1. The fourth-order valence-electron chi connectivity index (χ4n) is 5.09. The van der Waals surface area contributed by atoms with Crippen molar-refractivity contribution in [1.82, 2.24) is 30.0 Å². The summed E-state index contributed by atoms with van der Waals surface area (Å²) < 4.78 is 59.7. The van der Waals surface area contributed by atoms with Crippen molar-refractivity contribution in [2.24, 2.45) is 5.92 Å². The number of aryl methyl sites for hydroxylation is 1. The van der Waals surface area contributed by atoms with E-state index in [1.54, 1.807) is 4.90 Å². The molecule has 35 heavy (non-hydrogen) atoms. The van der Waals surface area contributed by atoms with Gasteiger partial charge in [-0.3, -0.25) is 5.32 Å². The molecule has 3 aromatic heterocycles. The number of piperidine rings is 1. The highest BCUT2D eigenvalue weighted by molar-refractivity contribution is 5.90. The Morgan fingerprint density at radius 3 is 2.60 bits per heavy atom. The lowest BCUT2D eigenvalue weighted by atomic mass is 9.64. The third-order valence-corrected chi connectivity index (χ3v) is 6.45. The number of likely N-dealkylation sites (tertiary alicyclic amines) is 1. The average molecular weight is 491 g/mol. The van der Waals surface area contributed by atoms with E-state index in [4.69, 9.17) is 4.42 Å². The molecule has 3 atom stereocenters. The van der Waals surface area contributed by atoms with Crippen molar-refractivity contribution in [2.75, 3.05) is 5.32 Å². The molecule has 0 aromatic carbocycles. The number of anilines is 1. The zero-order valence-electron chi connectivity index (χ0n) is 18.8. The number of amides is 2. The first-order valence-electron chi connectivity index (χ1n) is 11.1. The average Bonchev–Trinajstić information content (AvgIpc) is 3.28. The van der Waals surface area contributed by atoms with Crippen LogP contribution in [0.4, 0.5) is 28.2 Å². The van der Waals surface area contributed by atoms with Crippen LogP contribution in [0.25, 0.3) is 11.4 Å². The Morgan fingerprint density at radius 2 is 1.94 bits per heavy atom. The van der Waals surface area contributed by atoms with Gasteiger partial charge in [-0.15, -0.1) is 10.2 Å². The largest absolute Gasteiger partial charge is 0.423 e. The fraction of sp³-hybridized carbons (Fsp3) is 0.455. The van der Waals surface area contributed by atoms with Crippen molar-refractivity contribution >= 4 is 11.8 Å². The molecule has 4 heterocycles. The molecule has 1 saturated carbocycles. The fourth-order valence-corrected chi connectivity index (χ4v) is 5.09. The van der Waals surface area contributed by atoms with Crippen LogP contribution in [0, 0.1) is 11.7 Å². The van der Waals surface area contributed by atoms with Crippen LogP contribution in [0.2, 0.25) is 0 Å². The van der Waals surface area contributed by atoms with Crippen molar-refractivity contribution < 1.29 is 26.8 Å². The molecule has 1 saturated heterocycles. The second-order valence-corrected chi connectivity index (χ2v) is 8.93. The van der Waals surface area contributed by atoms with E-state index >= 15 is 0 Å². The molecule has 2 amide bonds. The molecule has 13 heteroatoms. The number of alkyl halides is 3. The van der Waals surface area contributed by atoms with Gasteiger partial charge in [0.2, 0.25) is 11.8 Å². The summed E-state index contributed by atoms with van der Waals surface area (Å²) in [6.07, 6.45) is -0.0194. The molecule has 9 nitrogen and oxygen atoms in total. The zero-order chi connectivity index (χ0) is 25.0. The molecular formula is C22H21F4N7O2. The van der Waals surface area contributed by atoms with E-state index in [2.05, 4.69) is 37.4 Å². The predicted molar refractivity (Wildman–Crippen MR) is 113 cm³/mol. The van der Waals surface area contributed by atoms with E-state index in [1.807, 2.05) is 6.92 Å². The Morgan fingerprint density at radius 1 is 1.20 bits per heavy atom. The first-order valence-corrected chi connectivity index (χ1v) is 11.1. The van der Waals surface area contributed by atoms with Crippen LogP contribution < -0.4 is 5.32 Å². The summed E-state index contributed by atoms with van der Waals surface area (Å²) in [5, 5.41) is 10.8. The van der Waals surface area contributed by atoms with Crippen LogP contribution in [0.5, 0.6) is 0 Å². The maximum atomic E-state index is 13.6. The molecule has 2 bridgehead atoms. The molecule has 3 aromatic rings. The molecule has 1 aliphatic carbocycles. The number of nitrogens with zero attached hydrogens (tertiary/aromatic N) is 6. The summed E-state index contributed by atoms with van der Waals surface area (Å²) in [5.41, 5.74) is -2.31. The number of hydrogen-bond donors (Lipinski definition) is 1. The number of carbonyl (C=O) groups is 1. The summed E-state index contributed by atoms with van der Waals surface area (Å²) in [6.45, 7) is 3.96. The van der Waals surface area contributed by atoms with E-state index in [9.17, 15) is 22.4 Å². The van der Waals surface area contributed by atoms with Crippen LogP contribution in [-0.2, 0) is 18.1 Å². The van der Waals surface area contributed by atoms with Crippen LogP contribution in [-0.4, -0.2) is 42.1 Å². The lowest BCUT2D eigenvalue weighted by Crippen LogP contribution is -2.70. The monoisotopic (exact) mass is 491 g/mol. The van der Waals surface area contributed by atoms with Crippen molar-refractivity contribution in [3.05, 3.63) is 47.8 Å². The first-order chi connectivity index (χ1) is 16.6. The summed E-state index contributed by atoms with van der Waals surface area (Å²) in [4.78, 5) is 26.0. The SMILES string of the molecule is CCc1nnc(C23CC(C[C@@H](C)C2)N3C(=O)Nc2cc(-c3ncc(F)cn3)c(C(F)(F)F)cn2)o1. The van der Waals surface area contributed by atoms with Crippen molar-refractivity contribution in [3.63, 3.8) is 0 Å². The van der Waals surface area contributed by atoms with Gasteiger partial charge in [0, 0.05) is 30.6 Å². The van der Waals surface area contributed by atoms with Gasteiger partial charge < -0.3 is 9.32 Å². The second kappa shape index (κ2) is 8.24. The third kappa shape index (κ3) is 3.98. The van der Waals surface area contributed by atoms with E-state index in [0.29, 0.717) is 43.2 Å². The Hall–Kier alpha value is -3.64. The number of carbonyl (C=O) groups excluding carboxylic acids is 1. The van der Waals surface area contributed by atoms with Crippen molar-refractivity contribution in [1.29, 1.82) is 0 Å². The van der Waals surface area contributed by atoms with Gasteiger partial charge in [0.25, 0.3) is 0 Å². The number of aromatic nitrogens is 5. The van der Waals surface area contributed by atoms with Gasteiger partial charge in [-0.2, -0.15) is 13.2 Å². The Kier molecular flexibility index (Phi) is 5.44. The molecular weight excluding hydrogens is 470 g/mol. The van der Waals surface area contributed by atoms with E-state index in [0.717, 1.165) is 24.9 Å². The van der Waals surface area contributed by atoms with Crippen molar-refractivity contribution in [3.8, 4) is 11.4 Å². The highest BCUT2D eigenvalue weighted by Gasteiger charge is 2.62. The zero-order valence-corrected chi connectivity index (χ0v) is 18.8. The maximum absolute atomic E-state index is 13.6. The van der Waals surface area contributed by atoms with Gasteiger partial charge in [0.1, 0.15) is 11.4 Å². The van der Waals surface area contributed by atoms with E-state index in [1.165, 1.54) is 0 Å². The molecule has 0 spiro atoms. The molecule has 5 rings (SSSR count). The summed E-state index contributed by atoms with van der Waals surface area (Å²) in [5.74, 6) is -0.125. The molecule has 184 valence electrons.